The lowest BCUT2D eigenvalue weighted by molar-refractivity contribution is -0.170. The Hall–Kier alpha value is -1.56. The summed E-state index contributed by atoms with van der Waals surface area (Å²) in [5.74, 6) is -1.89. The minimum atomic E-state index is -4.84. The highest BCUT2D eigenvalue weighted by Crippen LogP contribution is 2.23. The molecule has 2 aromatic rings. The van der Waals surface area contributed by atoms with E-state index in [9.17, 15) is 18.0 Å². The third kappa shape index (κ3) is 2.41. The maximum atomic E-state index is 12.1. The van der Waals surface area contributed by atoms with Gasteiger partial charge in [-0.05, 0) is 12.1 Å². The number of H-pyrrole nitrogens is 1. The Kier molecular flexibility index (Phi) is 2.82. The van der Waals surface area contributed by atoms with Gasteiger partial charge in [-0.15, -0.1) is 0 Å². The van der Waals surface area contributed by atoms with E-state index in [4.69, 9.17) is 11.6 Å². The van der Waals surface area contributed by atoms with E-state index < -0.39 is 18.4 Å². The highest BCUT2D eigenvalue weighted by molar-refractivity contribution is 6.34. The molecular formula is C10H6ClF3N2O. The number of aromatic nitrogens is 2. The smallest absolute Gasteiger partial charge is 0.342 e. The number of hydrogen-bond donors (Lipinski definition) is 1. The number of nitrogens with zero attached hydrogens (tertiary/aromatic N) is 1. The number of hydrogen-bond acceptors (Lipinski definition) is 2. The van der Waals surface area contributed by atoms with Gasteiger partial charge in [-0.3, -0.25) is 4.79 Å². The van der Waals surface area contributed by atoms with E-state index in [0.29, 0.717) is 16.1 Å². The number of carbonyl (C=O) groups excluding carboxylic acids is 1. The van der Waals surface area contributed by atoms with Gasteiger partial charge in [0.05, 0.1) is 17.0 Å². The molecule has 17 heavy (non-hydrogen) atoms. The Balaban J connectivity index is 2.32. The number of alkyl halides is 3. The van der Waals surface area contributed by atoms with Gasteiger partial charge in [-0.1, -0.05) is 17.7 Å². The van der Waals surface area contributed by atoms with Crippen molar-refractivity contribution in [2.24, 2.45) is 0 Å². The van der Waals surface area contributed by atoms with E-state index in [0.717, 1.165) is 0 Å². The number of carbonyl (C=O) groups is 1. The molecule has 0 saturated carbocycles. The van der Waals surface area contributed by atoms with E-state index in [1.54, 1.807) is 18.2 Å². The van der Waals surface area contributed by atoms with Crippen molar-refractivity contribution < 1.29 is 18.0 Å². The van der Waals surface area contributed by atoms with Crippen molar-refractivity contribution in [1.29, 1.82) is 0 Å². The van der Waals surface area contributed by atoms with Gasteiger partial charge in [-0.2, -0.15) is 13.2 Å². The number of aromatic amines is 1. The van der Waals surface area contributed by atoms with Crippen molar-refractivity contribution in [1.82, 2.24) is 9.97 Å². The number of para-hydroxylation sites is 1. The summed E-state index contributed by atoms with van der Waals surface area (Å²) in [6, 6.07) is 4.83. The highest BCUT2D eigenvalue weighted by atomic mass is 35.5. The van der Waals surface area contributed by atoms with Gasteiger partial charge in [-0.25, -0.2) is 4.98 Å². The van der Waals surface area contributed by atoms with E-state index in [1.165, 1.54) is 0 Å². The first-order valence-electron chi connectivity index (χ1n) is 4.61. The van der Waals surface area contributed by atoms with Gasteiger partial charge in [0.1, 0.15) is 11.3 Å². The summed E-state index contributed by atoms with van der Waals surface area (Å²) >= 11 is 5.81. The van der Waals surface area contributed by atoms with Crippen LogP contribution < -0.4 is 0 Å². The molecule has 0 bridgehead atoms. The Morgan fingerprint density at radius 2 is 2.12 bits per heavy atom. The maximum absolute atomic E-state index is 12.1. The molecule has 0 amide bonds. The summed E-state index contributed by atoms with van der Waals surface area (Å²) in [7, 11) is 0. The van der Waals surface area contributed by atoms with Crippen LogP contribution in [0.15, 0.2) is 18.2 Å². The number of Topliss-reactive ketones (excluding diaryl/α,β-unsaturated/α-hetero) is 1. The van der Waals surface area contributed by atoms with E-state index >= 15 is 0 Å². The molecule has 0 spiro atoms. The number of imidazole rings is 1. The number of halogens is 4. The summed E-state index contributed by atoms with van der Waals surface area (Å²) < 4.78 is 36.2. The van der Waals surface area contributed by atoms with Gasteiger partial charge in [0.2, 0.25) is 5.78 Å². The average Bonchev–Trinajstić information content (AvgIpc) is 2.60. The predicted molar refractivity (Wildman–Crippen MR) is 55.9 cm³/mol. The van der Waals surface area contributed by atoms with Gasteiger partial charge in [0, 0.05) is 0 Å². The van der Waals surface area contributed by atoms with Crippen LogP contribution in [-0.4, -0.2) is 21.9 Å². The minimum Gasteiger partial charge on any atom is -0.342 e. The first-order chi connectivity index (χ1) is 7.88. The Labute approximate surface area is 98.6 Å². The standard InChI is InChI=1S/C10H6ClF3N2O/c11-5-2-1-3-6-9(5)16-8(15-6)4-7(17)10(12,13)14/h1-3H,4H2,(H,15,16). The summed E-state index contributed by atoms with van der Waals surface area (Å²) in [4.78, 5) is 17.3. The molecule has 1 aromatic carbocycles. The molecule has 90 valence electrons. The molecule has 3 nitrogen and oxygen atoms in total. The van der Waals surface area contributed by atoms with Crippen molar-refractivity contribution in [3.63, 3.8) is 0 Å². The van der Waals surface area contributed by atoms with E-state index in [1.807, 2.05) is 0 Å². The van der Waals surface area contributed by atoms with E-state index in [2.05, 4.69) is 9.97 Å². The Bertz CT molecular complexity index is 576. The molecule has 0 saturated heterocycles. The van der Waals surface area contributed by atoms with Crippen molar-refractivity contribution in [3.8, 4) is 0 Å². The van der Waals surface area contributed by atoms with Crippen molar-refractivity contribution in [2.45, 2.75) is 12.6 Å². The fourth-order valence-electron chi connectivity index (χ4n) is 1.38. The second kappa shape index (κ2) is 4.03. The molecule has 0 radical (unpaired) electrons. The quantitative estimate of drug-likeness (QED) is 0.904. The SMILES string of the molecule is O=C(Cc1nc2c(Cl)cccc2[nH]1)C(F)(F)F. The summed E-state index contributed by atoms with van der Waals surface area (Å²) in [5.41, 5.74) is 0.863. The molecule has 0 atom stereocenters. The van der Waals surface area contributed by atoms with Crippen molar-refractivity contribution in [3.05, 3.63) is 29.0 Å². The van der Waals surface area contributed by atoms with Gasteiger partial charge >= 0.3 is 6.18 Å². The monoisotopic (exact) mass is 262 g/mol. The third-order valence-electron chi connectivity index (χ3n) is 2.16. The zero-order chi connectivity index (χ0) is 12.6. The second-order valence-corrected chi connectivity index (χ2v) is 3.82. The number of benzene rings is 1. The van der Waals surface area contributed by atoms with Crippen LogP contribution >= 0.6 is 11.6 Å². The number of ketones is 1. The second-order valence-electron chi connectivity index (χ2n) is 3.42. The van der Waals surface area contributed by atoms with Gasteiger partial charge in [0.25, 0.3) is 0 Å². The van der Waals surface area contributed by atoms with Crippen LogP contribution in [-0.2, 0) is 11.2 Å². The fraction of sp³-hybridized carbons (Fsp3) is 0.200. The summed E-state index contributed by atoms with van der Waals surface area (Å²) in [6.45, 7) is 0. The van der Waals surface area contributed by atoms with Crippen molar-refractivity contribution in [2.75, 3.05) is 0 Å². The lowest BCUT2D eigenvalue weighted by Crippen LogP contribution is -2.24. The molecule has 1 aromatic heterocycles. The minimum absolute atomic E-state index is 0.0459. The molecule has 1 N–H and O–H groups in total. The Morgan fingerprint density at radius 1 is 1.41 bits per heavy atom. The zero-order valence-electron chi connectivity index (χ0n) is 8.31. The van der Waals surface area contributed by atoms with Gasteiger partial charge < -0.3 is 4.98 Å². The predicted octanol–water partition coefficient (Wildman–Crippen LogP) is 2.89. The van der Waals surface area contributed by atoms with Gasteiger partial charge in [0.15, 0.2) is 0 Å². The average molecular weight is 263 g/mol. The molecule has 0 fully saturated rings. The summed E-state index contributed by atoms with van der Waals surface area (Å²) in [6.07, 6.45) is -5.66. The molecular weight excluding hydrogens is 257 g/mol. The largest absolute Gasteiger partial charge is 0.450 e. The fourth-order valence-corrected chi connectivity index (χ4v) is 1.60. The van der Waals surface area contributed by atoms with Crippen LogP contribution in [0.25, 0.3) is 11.0 Å². The van der Waals surface area contributed by atoms with E-state index in [-0.39, 0.29) is 5.82 Å². The van der Waals surface area contributed by atoms with Crippen LogP contribution in [0.2, 0.25) is 5.02 Å². The molecule has 0 aliphatic rings. The molecule has 0 aliphatic heterocycles. The number of fused-ring (bicyclic) bond motifs is 1. The third-order valence-corrected chi connectivity index (χ3v) is 2.46. The van der Waals surface area contributed by atoms with Crippen LogP contribution in [0.1, 0.15) is 5.82 Å². The molecule has 1 heterocycles. The molecule has 0 aliphatic carbocycles. The first kappa shape index (κ1) is 11.9. The molecule has 0 unspecified atom stereocenters. The number of nitrogens with one attached hydrogen (secondary N) is 1. The first-order valence-corrected chi connectivity index (χ1v) is 4.99. The lowest BCUT2D eigenvalue weighted by Gasteiger charge is -2.01. The lowest BCUT2D eigenvalue weighted by atomic mass is 10.3. The van der Waals surface area contributed by atoms with Crippen LogP contribution in [0.4, 0.5) is 13.2 Å². The normalized spacial score (nSPS) is 12.0. The highest BCUT2D eigenvalue weighted by Gasteiger charge is 2.38. The summed E-state index contributed by atoms with van der Waals surface area (Å²) in [5, 5.41) is 0.324. The van der Waals surface area contributed by atoms with Crippen LogP contribution in [0.5, 0.6) is 0 Å². The zero-order valence-corrected chi connectivity index (χ0v) is 9.06. The molecule has 7 heteroatoms. The Morgan fingerprint density at radius 3 is 2.71 bits per heavy atom. The van der Waals surface area contributed by atoms with Crippen LogP contribution in [0, 0.1) is 0 Å². The number of rotatable bonds is 2. The molecule has 2 rings (SSSR count). The van der Waals surface area contributed by atoms with Crippen molar-refractivity contribution >= 4 is 28.4 Å². The topological polar surface area (TPSA) is 45.8 Å². The maximum Gasteiger partial charge on any atom is 0.450 e. The van der Waals surface area contributed by atoms with Crippen LogP contribution in [0.3, 0.4) is 0 Å².